The second kappa shape index (κ2) is 8.96. The molecule has 0 radical (unpaired) electrons. The van der Waals surface area contributed by atoms with E-state index in [1.165, 1.54) is 19.3 Å². The second-order valence-corrected chi connectivity index (χ2v) is 8.76. The smallest absolute Gasteiger partial charge is 0.326 e. The third kappa shape index (κ3) is 4.12. The van der Waals surface area contributed by atoms with Gasteiger partial charge in [-0.3, -0.25) is 0 Å². The fraction of sp³-hybridized carbons (Fsp3) is 0.400. The molecule has 2 aromatic heterocycles. The first-order chi connectivity index (χ1) is 16.3. The van der Waals surface area contributed by atoms with Crippen molar-refractivity contribution in [1.29, 1.82) is 0 Å². The number of fused-ring (bicyclic) bond motifs is 2. The van der Waals surface area contributed by atoms with Gasteiger partial charge in [0.15, 0.2) is 17.0 Å². The molecule has 4 aromatic rings. The maximum absolute atomic E-state index is 6.29. The average Bonchev–Trinajstić information content (AvgIpc) is 3.30. The van der Waals surface area contributed by atoms with Gasteiger partial charge in [0.2, 0.25) is 0 Å². The molecule has 2 aliphatic rings. The number of morpholine rings is 1. The molecule has 0 unspecified atom stereocenters. The van der Waals surface area contributed by atoms with Crippen molar-refractivity contribution < 1.29 is 9.47 Å². The Bertz CT molecular complexity index is 1260. The lowest BCUT2D eigenvalue weighted by Crippen LogP contribution is -2.40. The zero-order valence-corrected chi connectivity index (χ0v) is 18.6. The van der Waals surface area contributed by atoms with Crippen LogP contribution in [0.4, 0.5) is 5.82 Å². The number of hydrazine groups is 1. The SMILES string of the molecule is c1ccc2c(Oc3nc(NN4CCOCC4)c4ncn(C5CCCCC5)c4n3)cccc2c1. The first kappa shape index (κ1) is 20.4. The second-order valence-electron chi connectivity index (χ2n) is 8.76. The first-order valence-electron chi connectivity index (χ1n) is 11.8. The van der Waals surface area contributed by atoms with Gasteiger partial charge in [0, 0.05) is 24.5 Å². The minimum atomic E-state index is 0.326. The molecule has 33 heavy (non-hydrogen) atoms. The topological polar surface area (TPSA) is 77.3 Å². The fourth-order valence-corrected chi connectivity index (χ4v) is 4.85. The number of aromatic nitrogens is 4. The Balaban J connectivity index is 1.42. The van der Waals surface area contributed by atoms with Gasteiger partial charge in [-0.2, -0.15) is 9.97 Å². The summed E-state index contributed by atoms with van der Waals surface area (Å²) in [4.78, 5) is 14.3. The minimum Gasteiger partial charge on any atom is -0.424 e. The Hall–Kier alpha value is -3.23. The number of benzene rings is 2. The monoisotopic (exact) mass is 444 g/mol. The molecule has 1 aliphatic heterocycles. The van der Waals surface area contributed by atoms with Crippen LogP contribution in [0.2, 0.25) is 0 Å². The minimum absolute atomic E-state index is 0.326. The van der Waals surface area contributed by atoms with Gasteiger partial charge in [-0.1, -0.05) is 55.7 Å². The van der Waals surface area contributed by atoms with Gasteiger partial charge in [-0.25, -0.2) is 9.99 Å². The molecule has 6 rings (SSSR count). The lowest BCUT2D eigenvalue weighted by atomic mass is 9.95. The first-order valence-corrected chi connectivity index (χ1v) is 11.8. The molecule has 0 bridgehead atoms. The highest BCUT2D eigenvalue weighted by Gasteiger charge is 2.23. The van der Waals surface area contributed by atoms with Crippen molar-refractivity contribution in [2.75, 3.05) is 31.7 Å². The van der Waals surface area contributed by atoms with E-state index in [1.807, 2.05) is 30.6 Å². The number of rotatable bonds is 5. The number of imidazole rings is 1. The Kier molecular flexibility index (Phi) is 5.53. The number of nitrogens with zero attached hydrogens (tertiary/aromatic N) is 5. The standard InChI is InChI=1S/C25H28N6O2/c1-2-9-19(10-3-1)31-17-26-22-23(29-30-13-15-32-16-14-30)27-25(28-24(22)31)33-21-12-6-8-18-7-4-5-11-20(18)21/h4-8,11-12,17,19H,1-3,9-10,13-16H2,(H,27,28,29). The van der Waals surface area contributed by atoms with Crippen LogP contribution in [-0.2, 0) is 4.74 Å². The molecular formula is C25H28N6O2. The quantitative estimate of drug-likeness (QED) is 0.467. The molecule has 8 nitrogen and oxygen atoms in total. The highest BCUT2D eigenvalue weighted by atomic mass is 16.5. The van der Waals surface area contributed by atoms with Gasteiger partial charge in [0.05, 0.1) is 19.5 Å². The van der Waals surface area contributed by atoms with Gasteiger partial charge in [0.25, 0.3) is 0 Å². The van der Waals surface area contributed by atoms with Crippen LogP contribution in [0.5, 0.6) is 11.8 Å². The summed E-state index contributed by atoms with van der Waals surface area (Å²) >= 11 is 0. The van der Waals surface area contributed by atoms with Crippen LogP contribution >= 0.6 is 0 Å². The summed E-state index contributed by atoms with van der Waals surface area (Å²) in [5.74, 6) is 1.42. The van der Waals surface area contributed by atoms with Crippen molar-refractivity contribution in [2.45, 2.75) is 38.1 Å². The third-order valence-electron chi connectivity index (χ3n) is 6.59. The number of ether oxygens (including phenoxy) is 2. The van der Waals surface area contributed by atoms with Crippen LogP contribution in [0.3, 0.4) is 0 Å². The van der Waals surface area contributed by atoms with Crippen LogP contribution in [0.15, 0.2) is 48.8 Å². The van der Waals surface area contributed by atoms with Gasteiger partial charge < -0.3 is 19.5 Å². The summed E-state index contributed by atoms with van der Waals surface area (Å²) in [7, 11) is 0. The number of hydrogen-bond acceptors (Lipinski definition) is 7. The van der Waals surface area contributed by atoms with E-state index in [1.54, 1.807) is 0 Å². The van der Waals surface area contributed by atoms with E-state index in [4.69, 9.17) is 24.4 Å². The molecule has 8 heteroatoms. The molecule has 1 N–H and O–H groups in total. The zero-order chi connectivity index (χ0) is 22.0. The predicted molar refractivity (Wildman–Crippen MR) is 127 cm³/mol. The Morgan fingerprint density at radius 1 is 0.939 bits per heavy atom. The van der Waals surface area contributed by atoms with E-state index in [0.717, 1.165) is 53.6 Å². The van der Waals surface area contributed by atoms with Crippen LogP contribution in [0.1, 0.15) is 38.1 Å². The van der Waals surface area contributed by atoms with Gasteiger partial charge in [-0.15, -0.1) is 0 Å². The van der Waals surface area contributed by atoms with E-state index in [9.17, 15) is 0 Å². The number of nitrogens with one attached hydrogen (secondary N) is 1. The van der Waals surface area contributed by atoms with E-state index in [2.05, 4.69) is 33.2 Å². The molecule has 1 saturated heterocycles. The Morgan fingerprint density at radius 2 is 1.76 bits per heavy atom. The third-order valence-corrected chi connectivity index (χ3v) is 6.59. The molecular weight excluding hydrogens is 416 g/mol. The normalized spacial score (nSPS) is 18.1. The Morgan fingerprint density at radius 3 is 2.64 bits per heavy atom. The van der Waals surface area contributed by atoms with E-state index in [0.29, 0.717) is 31.1 Å². The van der Waals surface area contributed by atoms with E-state index in [-0.39, 0.29) is 0 Å². The summed E-state index contributed by atoms with van der Waals surface area (Å²) in [5.41, 5.74) is 5.05. The highest BCUT2D eigenvalue weighted by molar-refractivity contribution is 5.88. The lowest BCUT2D eigenvalue weighted by molar-refractivity contribution is 0.0495. The van der Waals surface area contributed by atoms with Crippen molar-refractivity contribution in [3.05, 3.63) is 48.8 Å². The maximum Gasteiger partial charge on any atom is 0.326 e. The molecule has 1 aliphatic carbocycles. The van der Waals surface area contributed by atoms with Crippen LogP contribution in [-0.4, -0.2) is 50.8 Å². The summed E-state index contributed by atoms with van der Waals surface area (Å²) in [6.07, 6.45) is 8.02. The van der Waals surface area contributed by atoms with Crippen LogP contribution < -0.4 is 10.2 Å². The molecule has 0 spiro atoms. The van der Waals surface area contributed by atoms with E-state index >= 15 is 0 Å². The summed E-state index contributed by atoms with van der Waals surface area (Å²) < 4.78 is 14.0. The summed E-state index contributed by atoms with van der Waals surface area (Å²) in [5, 5.41) is 4.27. The van der Waals surface area contributed by atoms with E-state index < -0.39 is 0 Å². The molecule has 0 amide bonds. The molecule has 2 fully saturated rings. The molecule has 2 aromatic carbocycles. The van der Waals surface area contributed by atoms with Crippen molar-refractivity contribution in [3.8, 4) is 11.8 Å². The zero-order valence-electron chi connectivity index (χ0n) is 18.6. The summed E-state index contributed by atoms with van der Waals surface area (Å²) in [6, 6.07) is 15.0. The lowest BCUT2D eigenvalue weighted by Gasteiger charge is -2.27. The number of anilines is 1. The van der Waals surface area contributed by atoms with Crippen molar-refractivity contribution in [2.24, 2.45) is 0 Å². The van der Waals surface area contributed by atoms with Gasteiger partial charge in [-0.05, 0) is 24.3 Å². The molecule has 170 valence electrons. The molecule has 3 heterocycles. The maximum atomic E-state index is 6.29. The van der Waals surface area contributed by atoms with Crippen LogP contribution in [0.25, 0.3) is 21.9 Å². The van der Waals surface area contributed by atoms with Crippen LogP contribution in [0, 0.1) is 0 Å². The Labute approximate surface area is 192 Å². The van der Waals surface area contributed by atoms with Crippen molar-refractivity contribution >= 4 is 27.8 Å². The van der Waals surface area contributed by atoms with Crippen molar-refractivity contribution in [1.82, 2.24) is 24.5 Å². The van der Waals surface area contributed by atoms with Crippen molar-refractivity contribution in [3.63, 3.8) is 0 Å². The largest absolute Gasteiger partial charge is 0.424 e. The molecule has 1 saturated carbocycles. The molecule has 0 atom stereocenters. The number of hydrogen-bond donors (Lipinski definition) is 1. The summed E-state index contributed by atoms with van der Waals surface area (Å²) in [6.45, 7) is 2.96. The highest BCUT2D eigenvalue weighted by Crippen LogP contribution is 2.34. The average molecular weight is 445 g/mol. The van der Waals surface area contributed by atoms with Gasteiger partial charge >= 0.3 is 6.01 Å². The fourth-order valence-electron chi connectivity index (χ4n) is 4.85. The van der Waals surface area contributed by atoms with Gasteiger partial charge in [0.1, 0.15) is 5.75 Å². The predicted octanol–water partition coefficient (Wildman–Crippen LogP) is 4.94.